The molecule has 5 nitrogen and oxygen atoms in total. The molecular formula is C19H14N2O3. The van der Waals surface area contributed by atoms with E-state index in [4.69, 9.17) is 10.00 Å². The lowest BCUT2D eigenvalue weighted by Crippen LogP contribution is -2.21. The minimum Gasteiger partial charge on any atom is -0.462 e. The predicted octanol–water partition coefficient (Wildman–Crippen LogP) is 3.24. The fraction of sp³-hybridized carbons (Fsp3) is 0.105. The Morgan fingerprint density at radius 1 is 1.21 bits per heavy atom. The smallest absolute Gasteiger partial charge is 0.344 e. The molecule has 1 aromatic heterocycles. The van der Waals surface area contributed by atoms with Gasteiger partial charge >= 0.3 is 5.97 Å². The average molecular weight is 318 g/mol. The maximum Gasteiger partial charge on any atom is 0.344 e. The summed E-state index contributed by atoms with van der Waals surface area (Å²) >= 11 is 0. The van der Waals surface area contributed by atoms with Crippen LogP contribution in [0.3, 0.4) is 0 Å². The number of esters is 1. The Bertz CT molecular complexity index is 1030. The highest BCUT2D eigenvalue weighted by Gasteiger charge is 2.21. The second-order valence-corrected chi connectivity index (χ2v) is 5.16. The van der Waals surface area contributed by atoms with Crippen LogP contribution in [0.4, 0.5) is 0 Å². The Morgan fingerprint density at radius 2 is 2.00 bits per heavy atom. The Balaban J connectivity index is 2.42. The molecule has 3 rings (SSSR count). The summed E-state index contributed by atoms with van der Waals surface area (Å²) in [5, 5.41) is 9.85. The number of nitrogens with zero attached hydrogens (tertiary/aromatic N) is 1. The van der Waals surface area contributed by atoms with E-state index in [1.807, 2.05) is 12.1 Å². The second kappa shape index (κ2) is 6.39. The first-order chi connectivity index (χ1) is 11.7. The van der Waals surface area contributed by atoms with Crippen molar-refractivity contribution in [2.24, 2.45) is 0 Å². The van der Waals surface area contributed by atoms with Crippen molar-refractivity contribution < 1.29 is 9.53 Å². The Morgan fingerprint density at radius 3 is 2.75 bits per heavy atom. The summed E-state index contributed by atoms with van der Waals surface area (Å²) in [4.78, 5) is 27.5. The number of rotatable bonds is 3. The Labute approximate surface area is 138 Å². The lowest BCUT2D eigenvalue weighted by molar-refractivity contribution is 0.0525. The molecule has 0 saturated carbocycles. The van der Waals surface area contributed by atoms with E-state index in [9.17, 15) is 9.59 Å². The molecule has 5 heteroatoms. The molecule has 0 radical (unpaired) electrons. The van der Waals surface area contributed by atoms with Gasteiger partial charge in [-0.2, -0.15) is 5.26 Å². The van der Waals surface area contributed by atoms with Crippen LogP contribution in [0.5, 0.6) is 0 Å². The number of nitrogens with one attached hydrogen (secondary N) is 1. The first-order valence-corrected chi connectivity index (χ1v) is 7.48. The van der Waals surface area contributed by atoms with Gasteiger partial charge in [0.05, 0.1) is 18.2 Å². The van der Waals surface area contributed by atoms with Gasteiger partial charge in [0, 0.05) is 16.5 Å². The highest BCUT2D eigenvalue weighted by Crippen LogP contribution is 2.30. The number of carbonyl (C=O) groups excluding carboxylic acids is 1. The van der Waals surface area contributed by atoms with Gasteiger partial charge in [-0.25, -0.2) is 4.79 Å². The Kier molecular flexibility index (Phi) is 4.13. The van der Waals surface area contributed by atoms with Crippen molar-refractivity contribution in [3.8, 4) is 17.2 Å². The van der Waals surface area contributed by atoms with Crippen LogP contribution in [0.2, 0.25) is 0 Å². The third-order valence-electron chi connectivity index (χ3n) is 3.68. The molecule has 1 N–H and O–H groups in total. The summed E-state index contributed by atoms with van der Waals surface area (Å²) in [6.45, 7) is 1.85. The van der Waals surface area contributed by atoms with E-state index in [0.717, 1.165) is 5.39 Å². The fourth-order valence-electron chi connectivity index (χ4n) is 2.69. The minimum atomic E-state index is -0.679. The van der Waals surface area contributed by atoms with Crippen LogP contribution >= 0.6 is 0 Å². The summed E-state index contributed by atoms with van der Waals surface area (Å²) in [5.74, 6) is -0.679. The van der Waals surface area contributed by atoms with Gasteiger partial charge in [0.1, 0.15) is 5.56 Å². The van der Waals surface area contributed by atoms with Crippen LogP contribution in [-0.2, 0) is 4.74 Å². The van der Waals surface area contributed by atoms with E-state index in [1.165, 1.54) is 0 Å². The van der Waals surface area contributed by atoms with Crippen LogP contribution in [0.15, 0.2) is 53.3 Å². The third-order valence-corrected chi connectivity index (χ3v) is 3.68. The van der Waals surface area contributed by atoms with E-state index < -0.39 is 11.5 Å². The highest BCUT2D eigenvalue weighted by atomic mass is 16.5. The van der Waals surface area contributed by atoms with E-state index in [2.05, 4.69) is 11.1 Å². The number of carbonyl (C=O) groups is 1. The van der Waals surface area contributed by atoms with Crippen molar-refractivity contribution in [1.82, 2.24) is 4.98 Å². The highest BCUT2D eigenvalue weighted by molar-refractivity contribution is 6.06. The zero-order valence-corrected chi connectivity index (χ0v) is 13.0. The summed E-state index contributed by atoms with van der Waals surface area (Å²) in [6.07, 6.45) is 0. The normalized spacial score (nSPS) is 10.3. The van der Waals surface area contributed by atoms with Crippen molar-refractivity contribution in [3.05, 3.63) is 70.0 Å². The zero-order chi connectivity index (χ0) is 17.1. The van der Waals surface area contributed by atoms with Gasteiger partial charge in [-0.05, 0) is 30.7 Å². The van der Waals surface area contributed by atoms with Gasteiger partial charge in [0.15, 0.2) is 0 Å². The quantitative estimate of drug-likeness (QED) is 0.751. The molecule has 0 amide bonds. The topological polar surface area (TPSA) is 82.9 Å². The summed E-state index contributed by atoms with van der Waals surface area (Å²) in [5.41, 5.74) is 1.61. The number of hydrogen-bond donors (Lipinski definition) is 1. The van der Waals surface area contributed by atoms with Gasteiger partial charge in [0.25, 0.3) is 5.56 Å². The molecule has 0 saturated heterocycles. The minimum absolute atomic E-state index is 0.0503. The van der Waals surface area contributed by atoms with Crippen molar-refractivity contribution >= 4 is 16.9 Å². The zero-order valence-electron chi connectivity index (χ0n) is 13.0. The monoisotopic (exact) mass is 318 g/mol. The maximum absolute atomic E-state index is 12.5. The molecule has 1 heterocycles. The van der Waals surface area contributed by atoms with Crippen molar-refractivity contribution in [2.45, 2.75) is 6.92 Å². The van der Waals surface area contributed by atoms with Crippen molar-refractivity contribution in [1.29, 1.82) is 5.26 Å². The van der Waals surface area contributed by atoms with E-state index in [-0.39, 0.29) is 12.2 Å². The molecule has 2 aromatic carbocycles. The molecule has 24 heavy (non-hydrogen) atoms. The van der Waals surface area contributed by atoms with Crippen molar-refractivity contribution in [2.75, 3.05) is 6.61 Å². The molecule has 0 spiro atoms. The lowest BCUT2D eigenvalue weighted by atomic mass is 9.95. The summed E-state index contributed by atoms with van der Waals surface area (Å²) < 4.78 is 5.05. The van der Waals surface area contributed by atoms with Crippen LogP contribution < -0.4 is 5.56 Å². The number of hydrogen-bond acceptors (Lipinski definition) is 4. The molecule has 0 fully saturated rings. The molecule has 0 aliphatic carbocycles. The first kappa shape index (κ1) is 15.5. The average Bonchev–Trinajstić information content (AvgIpc) is 2.60. The Hall–Kier alpha value is -3.39. The van der Waals surface area contributed by atoms with Crippen LogP contribution in [0.1, 0.15) is 22.8 Å². The number of ether oxygens (including phenoxy) is 1. The lowest BCUT2D eigenvalue weighted by Gasteiger charge is -2.12. The van der Waals surface area contributed by atoms with Gasteiger partial charge in [-0.1, -0.05) is 30.3 Å². The second-order valence-electron chi connectivity index (χ2n) is 5.16. The molecule has 0 aliphatic rings. The van der Waals surface area contributed by atoms with Gasteiger partial charge < -0.3 is 9.72 Å². The molecule has 0 atom stereocenters. The number of fused-ring (bicyclic) bond motifs is 1. The van der Waals surface area contributed by atoms with Gasteiger partial charge in [-0.3, -0.25) is 4.79 Å². The molecule has 3 aromatic rings. The summed E-state index contributed by atoms with van der Waals surface area (Å²) in [7, 11) is 0. The number of aromatic amines is 1. The standard InChI is InChI=1S/C19H14N2O3/c1-2-24-19(23)17-16(13-7-5-6-12(10-13)11-20)14-8-3-4-9-15(14)21-18(17)22/h3-10H,2H2,1H3,(H,21,22). The predicted molar refractivity (Wildman–Crippen MR) is 90.7 cm³/mol. The molecule has 0 aliphatic heterocycles. The van der Waals surface area contributed by atoms with Gasteiger partial charge in [-0.15, -0.1) is 0 Å². The SMILES string of the molecule is CCOC(=O)c1c(-c2cccc(C#N)c2)c2ccccc2[nH]c1=O. The van der Waals surface area contributed by atoms with E-state index >= 15 is 0 Å². The number of aromatic nitrogens is 1. The molecule has 118 valence electrons. The first-order valence-electron chi connectivity index (χ1n) is 7.48. The number of H-pyrrole nitrogens is 1. The van der Waals surface area contributed by atoms with Crippen LogP contribution in [-0.4, -0.2) is 17.6 Å². The van der Waals surface area contributed by atoms with Gasteiger partial charge in [0.2, 0.25) is 0 Å². The number of pyridine rings is 1. The number of para-hydroxylation sites is 1. The van der Waals surface area contributed by atoms with E-state index in [0.29, 0.717) is 22.2 Å². The van der Waals surface area contributed by atoms with E-state index in [1.54, 1.807) is 43.3 Å². The molecular weight excluding hydrogens is 304 g/mol. The van der Waals surface area contributed by atoms with Crippen LogP contribution in [0, 0.1) is 11.3 Å². The fourth-order valence-corrected chi connectivity index (χ4v) is 2.69. The third kappa shape index (κ3) is 2.66. The van der Waals surface area contributed by atoms with Crippen molar-refractivity contribution in [3.63, 3.8) is 0 Å². The summed E-state index contributed by atoms with van der Waals surface area (Å²) in [6, 6.07) is 16.1. The largest absolute Gasteiger partial charge is 0.462 e. The molecule has 0 bridgehead atoms. The number of nitriles is 1. The number of benzene rings is 2. The van der Waals surface area contributed by atoms with Crippen LogP contribution in [0.25, 0.3) is 22.0 Å². The molecule has 0 unspecified atom stereocenters. The maximum atomic E-state index is 12.5.